The van der Waals surface area contributed by atoms with E-state index in [1.54, 1.807) is 27.4 Å². The number of carbonyl (C=O) groups excluding carboxylic acids is 1. The van der Waals surface area contributed by atoms with Gasteiger partial charge in [0.1, 0.15) is 5.75 Å². The third-order valence-electron chi connectivity index (χ3n) is 1.91. The monoisotopic (exact) mass is 221 g/mol. The minimum absolute atomic E-state index is 0.272. The predicted molar refractivity (Wildman–Crippen MR) is 62.8 cm³/mol. The number of hydrazone groups is 1. The number of methoxy groups -OCH3 is 1. The van der Waals surface area contributed by atoms with Crippen LogP contribution in [0.2, 0.25) is 0 Å². The van der Waals surface area contributed by atoms with Crippen molar-refractivity contribution in [3.63, 3.8) is 0 Å². The Bertz CT molecular complexity index is 389. The summed E-state index contributed by atoms with van der Waals surface area (Å²) < 4.78 is 5.14. The summed E-state index contributed by atoms with van der Waals surface area (Å²) in [5.74, 6) is 0.713. The molecule has 5 heteroatoms. The van der Waals surface area contributed by atoms with Crippen molar-refractivity contribution in [1.82, 2.24) is 10.3 Å². The fraction of sp³-hybridized carbons (Fsp3) is 0.273. The molecule has 0 aliphatic heterocycles. The predicted octanol–water partition coefficient (Wildman–Crippen LogP) is 1.30. The van der Waals surface area contributed by atoms with Gasteiger partial charge in [0.15, 0.2) is 0 Å². The van der Waals surface area contributed by atoms with E-state index >= 15 is 0 Å². The number of hydrogen-bond acceptors (Lipinski definition) is 3. The van der Waals surface area contributed by atoms with E-state index in [0.717, 1.165) is 5.56 Å². The number of benzene rings is 1. The number of urea groups is 1. The molecule has 0 saturated heterocycles. The SMILES string of the molecule is COc1ccccc1/C=N/NC(=O)N(C)C. The number of ether oxygens (including phenoxy) is 1. The molecule has 0 heterocycles. The fourth-order valence-electron chi connectivity index (χ4n) is 1.03. The van der Waals surface area contributed by atoms with Crippen LogP contribution in [0.5, 0.6) is 5.75 Å². The van der Waals surface area contributed by atoms with Gasteiger partial charge in [-0.25, -0.2) is 10.2 Å². The third kappa shape index (κ3) is 3.27. The number of carbonyl (C=O) groups is 1. The first-order chi connectivity index (χ1) is 7.65. The van der Waals surface area contributed by atoms with Crippen molar-refractivity contribution in [3.8, 4) is 5.75 Å². The van der Waals surface area contributed by atoms with Crippen molar-refractivity contribution in [2.75, 3.05) is 21.2 Å². The van der Waals surface area contributed by atoms with E-state index < -0.39 is 0 Å². The van der Waals surface area contributed by atoms with Crippen LogP contribution in [-0.2, 0) is 0 Å². The highest BCUT2D eigenvalue weighted by Crippen LogP contribution is 2.14. The summed E-state index contributed by atoms with van der Waals surface area (Å²) in [5, 5.41) is 3.83. The average molecular weight is 221 g/mol. The highest BCUT2D eigenvalue weighted by Gasteiger charge is 2.00. The number of nitrogens with one attached hydrogen (secondary N) is 1. The molecule has 1 aromatic rings. The molecule has 0 radical (unpaired) electrons. The zero-order chi connectivity index (χ0) is 12.0. The summed E-state index contributed by atoms with van der Waals surface area (Å²) in [5.41, 5.74) is 3.19. The molecule has 0 saturated carbocycles. The first kappa shape index (κ1) is 12.0. The second-order valence-electron chi connectivity index (χ2n) is 3.31. The lowest BCUT2D eigenvalue weighted by molar-refractivity contribution is 0.218. The number of rotatable bonds is 3. The smallest absolute Gasteiger partial charge is 0.337 e. The van der Waals surface area contributed by atoms with Crippen LogP contribution in [0.3, 0.4) is 0 Å². The van der Waals surface area contributed by atoms with Crippen LogP contribution in [0.1, 0.15) is 5.56 Å². The van der Waals surface area contributed by atoms with Crippen molar-refractivity contribution in [2.45, 2.75) is 0 Å². The van der Waals surface area contributed by atoms with Gasteiger partial charge in [-0.3, -0.25) is 0 Å². The summed E-state index contributed by atoms with van der Waals surface area (Å²) in [4.78, 5) is 12.6. The molecule has 16 heavy (non-hydrogen) atoms. The van der Waals surface area contributed by atoms with Crippen molar-refractivity contribution >= 4 is 12.2 Å². The van der Waals surface area contributed by atoms with Gasteiger partial charge in [-0.15, -0.1) is 0 Å². The van der Waals surface area contributed by atoms with Crippen LogP contribution >= 0.6 is 0 Å². The van der Waals surface area contributed by atoms with Gasteiger partial charge in [-0.1, -0.05) is 12.1 Å². The Kier molecular flexibility index (Phi) is 4.32. The lowest BCUT2D eigenvalue weighted by atomic mass is 10.2. The number of nitrogens with zero attached hydrogens (tertiary/aromatic N) is 2. The maximum absolute atomic E-state index is 11.2. The summed E-state index contributed by atoms with van der Waals surface area (Å²) in [6, 6.07) is 7.15. The van der Waals surface area contributed by atoms with Gasteiger partial charge in [0, 0.05) is 19.7 Å². The topological polar surface area (TPSA) is 53.9 Å². The standard InChI is InChI=1S/C11H15N3O2/c1-14(2)11(15)13-12-8-9-6-4-5-7-10(9)16-3/h4-8H,1-3H3,(H,13,15)/b12-8+. The number of amides is 2. The molecule has 0 spiro atoms. The Hall–Kier alpha value is -2.04. The quantitative estimate of drug-likeness (QED) is 0.618. The van der Waals surface area contributed by atoms with E-state index in [-0.39, 0.29) is 6.03 Å². The fourth-order valence-corrected chi connectivity index (χ4v) is 1.03. The van der Waals surface area contributed by atoms with Crippen LogP contribution in [0.25, 0.3) is 0 Å². The average Bonchev–Trinajstić information content (AvgIpc) is 2.29. The van der Waals surface area contributed by atoms with Crippen LogP contribution in [0.15, 0.2) is 29.4 Å². The summed E-state index contributed by atoms with van der Waals surface area (Å²) in [7, 11) is 4.88. The lowest BCUT2D eigenvalue weighted by Gasteiger charge is -2.08. The van der Waals surface area contributed by atoms with Gasteiger partial charge in [0.05, 0.1) is 13.3 Å². The molecule has 5 nitrogen and oxygen atoms in total. The van der Waals surface area contributed by atoms with Crippen molar-refractivity contribution in [1.29, 1.82) is 0 Å². The van der Waals surface area contributed by atoms with Crippen LogP contribution in [-0.4, -0.2) is 38.4 Å². The minimum atomic E-state index is -0.272. The molecule has 1 rings (SSSR count). The van der Waals surface area contributed by atoms with E-state index in [2.05, 4.69) is 10.5 Å². The molecule has 0 fully saturated rings. The molecule has 0 aliphatic carbocycles. The van der Waals surface area contributed by atoms with E-state index in [9.17, 15) is 4.79 Å². The van der Waals surface area contributed by atoms with Crippen molar-refractivity contribution in [2.24, 2.45) is 5.10 Å². The minimum Gasteiger partial charge on any atom is -0.496 e. The zero-order valence-electron chi connectivity index (χ0n) is 9.60. The summed E-state index contributed by atoms with van der Waals surface area (Å²) >= 11 is 0. The Morgan fingerprint density at radius 2 is 2.12 bits per heavy atom. The maximum atomic E-state index is 11.2. The van der Waals surface area contributed by atoms with Crippen molar-refractivity contribution < 1.29 is 9.53 Å². The van der Waals surface area contributed by atoms with Crippen LogP contribution < -0.4 is 10.2 Å². The Labute approximate surface area is 94.7 Å². The molecule has 0 atom stereocenters. The molecule has 0 aliphatic rings. The van der Waals surface area contributed by atoms with Gasteiger partial charge in [-0.05, 0) is 12.1 Å². The highest BCUT2D eigenvalue weighted by molar-refractivity contribution is 5.84. The first-order valence-corrected chi connectivity index (χ1v) is 4.78. The third-order valence-corrected chi connectivity index (χ3v) is 1.91. The van der Waals surface area contributed by atoms with Crippen LogP contribution in [0, 0.1) is 0 Å². The van der Waals surface area contributed by atoms with Crippen molar-refractivity contribution in [3.05, 3.63) is 29.8 Å². The second kappa shape index (κ2) is 5.75. The normalized spacial score (nSPS) is 10.2. The summed E-state index contributed by atoms with van der Waals surface area (Å²) in [6.07, 6.45) is 1.54. The molecular formula is C11H15N3O2. The van der Waals surface area contributed by atoms with E-state index in [4.69, 9.17) is 4.74 Å². The number of hydrogen-bond donors (Lipinski definition) is 1. The molecule has 0 aromatic heterocycles. The van der Waals surface area contributed by atoms with Gasteiger partial charge in [0.25, 0.3) is 0 Å². The molecule has 86 valence electrons. The number of para-hydroxylation sites is 1. The van der Waals surface area contributed by atoms with E-state index in [1.165, 1.54) is 4.90 Å². The summed E-state index contributed by atoms with van der Waals surface area (Å²) in [6.45, 7) is 0. The van der Waals surface area contributed by atoms with E-state index in [1.807, 2.05) is 24.3 Å². The van der Waals surface area contributed by atoms with Gasteiger partial charge in [0.2, 0.25) is 0 Å². The second-order valence-corrected chi connectivity index (χ2v) is 3.31. The molecule has 1 N–H and O–H groups in total. The molecule has 2 amide bonds. The molecule has 1 aromatic carbocycles. The largest absolute Gasteiger partial charge is 0.496 e. The zero-order valence-corrected chi connectivity index (χ0v) is 9.60. The lowest BCUT2D eigenvalue weighted by Crippen LogP contribution is -2.31. The van der Waals surface area contributed by atoms with Gasteiger partial charge in [-0.2, -0.15) is 5.10 Å². The van der Waals surface area contributed by atoms with Gasteiger partial charge >= 0.3 is 6.03 Å². The molecular weight excluding hydrogens is 206 g/mol. The van der Waals surface area contributed by atoms with Gasteiger partial charge < -0.3 is 9.64 Å². The first-order valence-electron chi connectivity index (χ1n) is 4.78. The Morgan fingerprint density at radius 3 is 2.75 bits per heavy atom. The molecule has 0 unspecified atom stereocenters. The molecule has 0 bridgehead atoms. The Balaban J connectivity index is 2.66. The van der Waals surface area contributed by atoms with E-state index in [0.29, 0.717) is 5.75 Å². The van der Waals surface area contributed by atoms with Crippen LogP contribution in [0.4, 0.5) is 4.79 Å². The highest BCUT2D eigenvalue weighted by atomic mass is 16.5. The maximum Gasteiger partial charge on any atom is 0.337 e. The Morgan fingerprint density at radius 1 is 1.44 bits per heavy atom.